The standard InChI is InChI=1S/C21H26N2O4/c1-13-17(21(26)27-3)14(2)22-18(13)20(25)23-11-9-16(10-12-23)19(24)15-7-5-4-6-8-15/h4-8,16,19,22,24H,9-12H2,1-3H3/t19-/m1/s1. The van der Waals surface area contributed by atoms with Crippen molar-refractivity contribution >= 4 is 11.9 Å². The number of hydrogen-bond donors (Lipinski definition) is 2. The van der Waals surface area contributed by atoms with E-state index in [0.29, 0.717) is 35.6 Å². The van der Waals surface area contributed by atoms with E-state index in [1.54, 1.807) is 18.7 Å². The molecule has 0 aliphatic carbocycles. The Hall–Kier alpha value is -2.60. The van der Waals surface area contributed by atoms with Crippen LogP contribution in [0.1, 0.15) is 56.6 Å². The molecule has 1 aliphatic rings. The molecule has 2 N–H and O–H groups in total. The number of rotatable bonds is 4. The summed E-state index contributed by atoms with van der Waals surface area (Å²) in [5.41, 5.74) is 3.04. The van der Waals surface area contributed by atoms with Crippen LogP contribution in [0, 0.1) is 19.8 Å². The van der Waals surface area contributed by atoms with Crippen molar-refractivity contribution in [1.29, 1.82) is 0 Å². The van der Waals surface area contributed by atoms with Gasteiger partial charge < -0.3 is 19.7 Å². The summed E-state index contributed by atoms with van der Waals surface area (Å²) in [5, 5.41) is 10.6. The molecule has 3 rings (SSSR count). The molecule has 2 aromatic rings. The van der Waals surface area contributed by atoms with E-state index in [9.17, 15) is 14.7 Å². The van der Waals surface area contributed by atoms with Gasteiger partial charge in [0.1, 0.15) is 5.69 Å². The second-order valence-corrected chi connectivity index (χ2v) is 7.10. The van der Waals surface area contributed by atoms with Gasteiger partial charge in [0, 0.05) is 18.8 Å². The topological polar surface area (TPSA) is 82.6 Å². The number of ether oxygens (including phenoxy) is 1. The zero-order chi connectivity index (χ0) is 19.6. The van der Waals surface area contributed by atoms with Crippen LogP contribution in [0.25, 0.3) is 0 Å². The van der Waals surface area contributed by atoms with Crippen LogP contribution in [-0.2, 0) is 4.74 Å². The van der Waals surface area contributed by atoms with Crippen molar-refractivity contribution in [2.45, 2.75) is 32.8 Å². The third-order valence-electron chi connectivity index (χ3n) is 5.46. The van der Waals surface area contributed by atoms with Crippen molar-refractivity contribution in [2.75, 3.05) is 20.2 Å². The van der Waals surface area contributed by atoms with Gasteiger partial charge in [0.15, 0.2) is 0 Å². The number of nitrogens with zero attached hydrogens (tertiary/aromatic N) is 1. The summed E-state index contributed by atoms with van der Waals surface area (Å²) in [6.45, 7) is 4.68. The lowest BCUT2D eigenvalue weighted by Crippen LogP contribution is -2.40. The molecule has 0 radical (unpaired) electrons. The van der Waals surface area contributed by atoms with E-state index in [1.807, 2.05) is 30.3 Å². The normalized spacial score (nSPS) is 16.2. The van der Waals surface area contributed by atoms with E-state index in [0.717, 1.165) is 18.4 Å². The molecule has 27 heavy (non-hydrogen) atoms. The van der Waals surface area contributed by atoms with Gasteiger partial charge in [-0.3, -0.25) is 4.79 Å². The first-order valence-corrected chi connectivity index (χ1v) is 9.23. The van der Waals surface area contributed by atoms with E-state index in [2.05, 4.69) is 4.98 Å². The number of hydrogen-bond acceptors (Lipinski definition) is 4. The fourth-order valence-electron chi connectivity index (χ4n) is 3.87. The predicted octanol–water partition coefficient (Wildman–Crippen LogP) is 3.00. The number of aliphatic hydroxyl groups excluding tert-OH is 1. The summed E-state index contributed by atoms with van der Waals surface area (Å²) in [5.74, 6) is -0.419. The number of aliphatic hydroxyl groups is 1. The van der Waals surface area contributed by atoms with Crippen LogP contribution in [0.3, 0.4) is 0 Å². The van der Waals surface area contributed by atoms with Gasteiger partial charge in [-0.2, -0.15) is 0 Å². The van der Waals surface area contributed by atoms with Crippen molar-refractivity contribution in [2.24, 2.45) is 5.92 Å². The van der Waals surface area contributed by atoms with Crippen LogP contribution < -0.4 is 0 Å². The Morgan fingerprint density at radius 3 is 2.41 bits per heavy atom. The van der Waals surface area contributed by atoms with Crippen molar-refractivity contribution in [3.8, 4) is 0 Å². The van der Waals surface area contributed by atoms with E-state index < -0.39 is 12.1 Å². The number of H-pyrrole nitrogens is 1. The third kappa shape index (κ3) is 3.76. The molecule has 0 saturated carbocycles. The Morgan fingerprint density at radius 2 is 1.81 bits per heavy atom. The van der Waals surface area contributed by atoms with Crippen LogP contribution in [0.15, 0.2) is 30.3 Å². The molecule has 6 nitrogen and oxygen atoms in total. The summed E-state index contributed by atoms with van der Waals surface area (Å²) < 4.78 is 4.81. The van der Waals surface area contributed by atoms with Gasteiger partial charge in [0.25, 0.3) is 5.91 Å². The summed E-state index contributed by atoms with van der Waals surface area (Å²) in [6.07, 6.45) is 0.971. The molecule has 1 amide bonds. The minimum atomic E-state index is -0.510. The number of likely N-dealkylation sites (tertiary alicyclic amines) is 1. The number of benzene rings is 1. The lowest BCUT2D eigenvalue weighted by Gasteiger charge is -2.34. The number of piperidine rings is 1. The van der Waals surface area contributed by atoms with Crippen molar-refractivity contribution in [1.82, 2.24) is 9.88 Å². The Kier molecular flexibility index (Phi) is 5.65. The molecule has 1 aliphatic heterocycles. The highest BCUT2D eigenvalue weighted by atomic mass is 16.5. The summed E-state index contributed by atoms with van der Waals surface area (Å²) in [6, 6.07) is 9.64. The number of aromatic amines is 1. The highest BCUT2D eigenvalue weighted by Crippen LogP contribution is 2.31. The zero-order valence-electron chi connectivity index (χ0n) is 16.0. The molecule has 144 valence electrons. The van der Waals surface area contributed by atoms with Crippen molar-refractivity contribution in [3.63, 3.8) is 0 Å². The van der Waals surface area contributed by atoms with Crippen LogP contribution in [0.5, 0.6) is 0 Å². The maximum Gasteiger partial charge on any atom is 0.339 e. The van der Waals surface area contributed by atoms with Gasteiger partial charge >= 0.3 is 5.97 Å². The highest BCUT2D eigenvalue weighted by Gasteiger charge is 2.31. The zero-order valence-corrected chi connectivity index (χ0v) is 16.0. The molecule has 1 fully saturated rings. The lowest BCUT2D eigenvalue weighted by atomic mass is 9.87. The SMILES string of the molecule is COC(=O)c1c(C)[nH]c(C(=O)N2CCC([C@H](O)c3ccccc3)CC2)c1C. The molecule has 1 atom stereocenters. The van der Waals surface area contributed by atoms with Gasteiger partial charge in [-0.1, -0.05) is 30.3 Å². The number of aryl methyl sites for hydroxylation is 1. The molecular formula is C21H26N2O4. The second-order valence-electron chi connectivity index (χ2n) is 7.10. The summed E-state index contributed by atoms with van der Waals surface area (Å²) in [4.78, 5) is 29.7. The molecule has 2 heterocycles. The van der Waals surface area contributed by atoms with E-state index in [4.69, 9.17) is 4.74 Å². The predicted molar refractivity (Wildman–Crippen MR) is 102 cm³/mol. The minimum Gasteiger partial charge on any atom is -0.465 e. The number of amides is 1. The Labute approximate surface area is 159 Å². The highest BCUT2D eigenvalue weighted by molar-refractivity contribution is 6.00. The van der Waals surface area contributed by atoms with E-state index in [1.165, 1.54) is 7.11 Å². The molecule has 1 saturated heterocycles. The van der Waals surface area contributed by atoms with Crippen LogP contribution in [0.2, 0.25) is 0 Å². The monoisotopic (exact) mass is 370 g/mol. The lowest BCUT2D eigenvalue weighted by molar-refractivity contribution is 0.0458. The Morgan fingerprint density at radius 1 is 1.19 bits per heavy atom. The second kappa shape index (κ2) is 7.96. The molecule has 0 bridgehead atoms. The third-order valence-corrected chi connectivity index (χ3v) is 5.46. The quantitative estimate of drug-likeness (QED) is 0.811. The van der Waals surface area contributed by atoms with Gasteiger partial charge in [0.2, 0.25) is 0 Å². The van der Waals surface area contributed by atoms with E-state index >= 15 is 0 Å². The first kappa shape index (κ1) is 19.2. The first-order valence-electron chi connectivity index (χ1n) is 9.23. The minimum absolute atomic E-state index is 0.113. The van der Waals surface area contributed by atoms with Crippen LogP contribution in [-0.4, -0.2) is 47.1 Å². The number of carbonyl (C=O) groups is 2. The molecule has 1 aromatic carbocycles. The fraction of sp³-hybridized carbons (Fsp3) is 0.429. The summed E-state index contributed by atoms with van der Waals surface area (Å²) >= 11 is 0. The number of aromatic nitrogens is 1. The van der Waals surface area contributed by atoms with Crippen LogP contribution in [0.4, 0.5) is 0 Å². The van der Waals surface area contributed by atoms with Crippen molar-refractivity contribution < 1.29 is 19.4 Å². The van der Waals surface area contributed by atoms with Gasteiger partial charge in [0.05, 0.1) is 18.8 Å². The molecular weight excluding hydrogens is 344 g/mol. The number of nitrogens with one attached hydrogen (secondary N) is 1. The number of carbonyl (C=O) groups excluding carboxylic acids is 2. The average molecular weight is 370 g/mol. The van der Waals surface area contributed by atoms with Gasteiger partial charge in [-0.05, 0) is 43.7 Å². The maximum absolute atomic E-state index is 12.9. The number of esters is 1. The Bertz CT molecular complexity index is 820. The van der Waals surface area contributed by atoms with Crippen molar-refractivity contribution in [3.05, 3.63) is 58.4 Å². The van der Waals surface area contributed by atoms with Gasteiger partial charge in [-0.15, -0.1) is 0 Å². The maximum atomic E-state index is 12.9. The van der Waals surface area contributed by atoms with E-state index in [-0.39, 0.29) is 11.8 Å². The molecule has 6 heteroatoms. The molecule has 0 unspecified atom stereocenters. The largest absolute Gasteiger partial charge is 0.465 e. The Balaban J connectivity index is 1.68. The van der Waals surface area contributed by atoms with Gasteiger partial charge in [-0.25, -0.2) is 4.79 Å². The summed E-state index contributed by atoms with van der Waals surface area (Å²) in [7, 11) is 1.33. The first-order chi connectivity index (χ1) is 12.9. The van der Waals surface area contributed by atoms with Crippen LogP contribution >= 0.6 is 0 Å². The average Bonchev–Trinajstić information content (AvgIpc) is 3.01. The number of methoxy groups -OCH3 is 1. The molecule has 1 aromatic heterocycles. The molecule has 0 spiro atoms. The smallest absolute Gasteiger partial charge is 0.339 e. The fourth-order valence-corrected chi connectivity index (χ4v) is 3.87.